The van der Waals surface area contributed by atoms with E-state index in [1.54, 1.807) is 30.3 Å². The van der Waals surface area contributed by atoms with Crippen LogP contribution in [0.5, 0.6) is 0 Å². The molecule has 0 saturated carbocycles. The number of carbonyl (C=O) groups is 2. The molecule has 1 saturated heterocycles. The molecule has 4 rings (SSSR count). The van der Waals surface area contributed by atoms with Gasteiger partial charge in [-0.15, -0.1) is 0 Å². The number of rotatable bonds is 2. The number of fused-ring (bicyclic) bond motifs is 1. The van der Waals surface area contributed by atoms with E-state index in [1.807, 2.05) is 6.92 Å². The summed E-state index contributed by atoms with van der Waals surface area (Å²) in [4.78, 5) is 25.3. The summed E-state index contributed by atoms with van der Waals surface area (Å²) in [6, 6.07) is 12.6. The van der Waals surface area contributed by atoms with Crippen molar-refractivity contribution >= 4 is 50.0 Å². The molecule has 2 aliphatic heterocycles. The van der Waals surface area contributed by atoms with Gasteiger partial charge in [0.25, 0.3) is 21.8 Å². The number of anilines is 1. The number of thioether (sulfide) groups is 1. The predicted octanol–water partition coefficient (Wildman–Crippen LogP) is 2.24. The van der Waals surface area contributed by atoms with Gasteiger partial charge in [0.15, 0.2) is 5.17 Å². The van der Waals surface area contributed by atoms with E-state index in [0.717, 1.165) is 21.6 Å². The Kier molecular flexibility index (Phi) is 3.93. The summed E-state index contributed by atoms with van der Waals surface area (Å²) in [6.07, 6.45) is 0. The van der Waals surface area contributed by atoms with Gasteiger partial charge in [-0.3, -0.25) is 15.0 Å². The molecule has 2 heterocycles. The highest BCUT2D eigenvalue weighted by atomic mass is 32.2. The molecule has 0 spiro atoms. The smallest absolute Gasteiger partial charge is 0.274 e. The highest BCUT2D eigenvalue weighted by Gasteiger charge is 2.44. The average Bonchev–Trinajstić information content (AvgIpc) is 3.10. The predicted molar refractivity (Wildman–Crippen MR) is 103 cm³/mol. The Bertz CT molecular complexity index is 1150. The zero-order chi connectivity index (χ0) is 19.3. The summed E-state index contributed by atoms with van der Waals surface area (Å²) < 4.78 is 27.0. The molecule has 0 aromatic heterocycles. The zero-order valence-corrected chi connectivity index (χ0v) is 15.6. The van der Waals surface area contributed by atoms with Crippen LogP contribution in [-0.4, -0.2) is 25.4 Å². The number of hydrogen-bond acceptors (Lipinski definition) is 6. The van der Waals surface area contributed by atoms with Gasteiger partial charge < -0.3 is 5.32 Å². The average molecular weight is 399 g/mol. The maximum atomic E-state index is 13.2. The SMILES string of the molecule is Cc1ccc(S(=O)(=O)N2C(=O)/C(=C3\SC(=N)NC3=O)c3ccccc32)cc1. The molecule has 136 valence electrons. The molecule has 1 fully saturated rings. The van der Waals surface area contributed by atoms with Crippen LogP contribution >= 0.6 is 11.8 Å². The second-order valence-corrected chi connectivity index (χ2v) is 8.80. The van der Waals surface area contributed by atoms with Crippen molar-refractivity contribution in [3.05, 3.63) is 64.6 Å². The number of amides is 2. The first-order chi connectivity index (χ1) is 12.8. The summed E-state index contributed by atoms with van der Waals surface area (Å²) in [5, 5.41) is 9.82. The van der Waals surface area contributed by atoms with Crippen molar-refractivity contribution in [1.82, 2.24) is 5.32 Å². The van der Waals surface area contributed by atoms with Crippen LogP contribution in [-0.2, 0) is 19.6 Å². The zero-order valence-electron chi connectivity index (χ0n) is 14.0. The quantitative estimate of drug-likeness (QED) is 0.753. The van der Waals surface area contributed by atoms with Crippen molar-refractivity contribution in [3.8, 4) is 0 Å². The number of aryl methyl sites for hydroxylation is 1. The Balaban J connectivity index is 1.93. The van der Waals surface area contributed by atoms with Gasteiger partial charge in [-0.1, -0.05) is 35.9 Å². The molecular formula is C18H13N3O4S2. The minimum atomic E-state index is -4.16. The number of carbonyl (C=O) groups excluding carboxylic acids is 2. The van der Waals surface area contributed by atoms with Crippen LogP contribution < -0.4 is 9.62 Å². The Hall–Kier alpha value is -2.91. The van der Waals surface area contributed by atoms with Crippen molar-refractivity contribution < 1.29 is 18.0 Å². The number of nitrogens with one attached hydrogen (secondary N) is 2. The Morgan fingerprint density at radius 1 is 1.04 bits per heavy atom. The van der Waals surface area contributed by atoms with Crippen molar-refractivity contribution in [3.63, 3.8) is 0 Å². The lowest BCUT2D eigenvalue weighted by molar-refractivity contribution is -0.116. The summed E-state index contributed by atoms with van der Waals surface area (Å²) >= 11 is 0.809. The van der Waals surface area contributed by atoms with E-state index in [9.17, 15) is 18.0 Å². The van der Waals surface area contributed by atoms with Crippen LogP contribution in [0, 0.1) is 12.3 Å². The lowest BCUT2D eigenvalue weighted by Crippen LogP contribution is -2.34. The third kappa shape index (κ3) is 2.66. The molecule has 2 aliphatic rings. The van der Waals surface area contributed by atoms with Crippen molar-refractivity contribution in [1.29, 1.82) is 5.41 Å². The van der Waals surface area contributed by atoms with E-state index >= 15 is 0 Å². The standard InChI is InChI=1S/C18H13N3O4S2/c1-10-6-8-11(9-7-10)27(24,25)21-13-5-3-2-4-12(13)14(17(21)23)15-16(22)20-18(19)26-15/h2-9H,1H3,(H2,19,20,22)/b15-14-. The summed E-state index contributed by atoms with van der Waals surface area (Å²) in [7, 11) is -4.16. The Morgan fingerprint density at radius 2 is 1.70 bits per heavy atom. The van der Waals surface area contributed by atoms with Crippen molar-refractivity contribution in [2.75, 3.05) is 4.31 Å². The summed E-state index contributed by atoms with van der Waals surface area (Å²) in [5.74, 6) is -1.39. The minimum absolute atomic E-state index is 0.00830. The normalized spacial score (nSPS) is 19.4. The van der Waals surface area contributed by atoms with Gasteiger partial charge in [0.05, 0.1) is 21.1 Å². The van der Waals surface area contributed by atoms with Gasteiger partial charge >= 0.3 is 0 Å². The van der Waals surface area contributed by atoms with Crippen LogP contribution in [0.3, 0.4) is 0 Å². The number of hydrogen-bond donors (Lipinski definition) is 2. The van der Waals surface area contributed by atoms with E-state index in [-0.39, 0.29) is 26.2 Å². The lowest BCUT2D eigenvalue weighted by atomic mass is 10.1. The maximum absolute atomic E-state index is 13.2. The van der Waals surface area contributed by atoms with E-state index in [4.69, 9.17) is 5.41 Å². The van der Waals surface area contributed by atoms with Crippen LogP contribution in [0.4, 0.5) is 5.69 Å². The first-order valence-corrected chi connectivity index (χ1v) is 10.1. The molecule has 0 atom stereocenters. The minimum Gasteiger partial charge on any atom is -0.301 e. The highest BCUT2D eigenvalue weighted by molar-refractivity contribution is 8.18. The molecule has 27 heavy (non-hydrogen) atoms. The van der Waals surface area contributed by atoms with Crippen molar-refractivity contribution in [2.24, 2.45) is 0 Å². The number of amidine groups is 1. The van der Waals surface area contributed by atoms with E-state index in [0.29, 0.717) is 5.56 Å². The highest BCUT2D eigenvalue weighted by Crippen LogP contribution is 2.44. The van der Waals surface area contributed by atoms with E-state index < -0.39 is 21.8 Å². The van der Waals surface area contributed by atoms with Gasteiger partial charge in [-0.05, 0) is 36.9 Å². The van der Waals surface area contributed by atoms with Crippen molar-refractivity contribution in [2.45, 2.75) is 11.8 Å². The largest absolute Gasteiger partial charge is 0.301 e. The third-order valence-electron chi connectivity index (χ3n) is 4.21. The monoisotopic (exact) mass is 399 g/mol. The van der Waals surface area contributed by atoms with Gasteiger partial charge in [0.2, 0.25) is 0 Å². The lowest BCUT2D eigenvalue weighted by Gasteiger charge is -2.17. The number of nitrogens with zero attached hydrogens (tertiary/aromatic N) is 1. The third-order valence-corrected chi connectivity index (χ3v) is 6.83. The number of benzene rings is 2. The molecule has 9 heteroatoms. The second kappa shape index (κ2) is 6.07. The van der Waals surface area contributed by atoms with E-state index in [2.05, 4.69) is 5.32 Å². The van der Waals surface area contributed by atoms with Crippen LogP contribution in [0.25, 0.3) is 5.57 Å². The van der Waals surface area contributed by atoms with Crippen LogP contribution in [0.1, 0.15) is 11.1 Å². The molecule has 2 amide bonds. The number of sulfonamides is 1. The van der Waals surface area contributed by atoms with E-state index in [1.165, 1.54) is 18.2 Å². The molecule has 0 aliphatic carbocycles. The van der Waals surface area contributed by atoms with Crippen LogP contribution in [0.15, 0.2) is 58.3 Å². The topological polar surface area (TPSA) is 107 Å². The fourth-order valence-corrected chi connectivity index (χ4v) is 5.17. The Morgan fingerprint density at radius 3 is 2.33 bits per heavy atom. The molecule has 2 N–H and O–H groups in total. The van der Waals surface area contributed by atoms with Crippen LogP contribution in [0.2, 0.25) is 0 Å². The molecule has 2 aromatic carbocycles. The van der Waals surface area contributed by atoms with Gasteiger partial charge in [-0.2, -0.15) is 4.31 Å². The fraction of sp³-hybridized carbons (Fsp3) is 0.0556. The first kappa shape index (κ1) is 17.5. The molecule has 0 radical (unpaired) electrons. The first-order valence-electron chi connectivity index (χ1n) is 7.88. The molecular weight excluding hydrogens is 386 g/mol. The maximum Gasteiger partial charge on any atom is 0.274 e. The molecule has 7 nitrogen and oxygen atoms in total. The Labute approximate surface area is 159 Å². The fourth-order valence-electron chi connectivity index (χ4n) is 2.96. The second-order valence-electron chi connectivity index (χ2n) is 5.99. The summed E-state index contributed by atoms with van der Waals surface area (Å²) in [5.41, 5.74) is 1.43. The van der Waals surface area contributed by atoms with Gasteiger partial charge in [0, 0.05) is 5.56 Å². The molecule has 0 bridgehead atoms. The van der Waals surface area contributed by atoms with Gasteiger partial charge in [-0.25, -0.2) is 8.42 Å². The molecule has 0 unspecified atom stereocenters. The number of para-hydroxylation sites is 1. The molecule has 2 aromatic rings. The summed E-state index contributed by atoms with van der Waals surface area (Å²) in [6.45, 7) is 1.83. The van der Waals surface area contributed by atoms with Gasteiger partial charge in [0.1, 0.15) is 0 Å².